The van der Waals surface area contributed by atoms with Crippen LogP contribution < -0.4 is 10.1 Å². The Morgan fingerprint density at radius 1 is 1.09 bits per heavy atom. The molecule has 1 aliphatic heterocycles. The van der Waals surface area contributed by atoms with Crippen LogP contribution in [0.5, 0.6) is 5.75 Å². The fourth-order valence-electron chi connectivity index (χ4n) is 4.00. The number of amides is 2. The molecular formula is C28H29ClN2O3S. The molecule has 2 amide bonds. The summed E-state index contributed by atoms with van der Waals surface area (Å²) in [5.74, 6) is 1.63. The van der Waals surface area contributed by atoms with Gasteiger partial charge in [-0.05, 0) is 52.9 Å². The first kappa shape index (κ1) is 25.1. The molecule has 0 radical (unpaired) electrons. The molecule has 1 aliphatic rings. The number of benzene rings is 3. The third-order valence-corrected chi connectivity index (χ3v) is 7.39. The summed E-state index contributed by atoms with van der Waals surface area (Å²) in [4.78, 5) is 27.0. The summed E-state index contributed by atoms with van der Waals surface area (Å²) in [5.41, 5.74) is 3.77. The molecule has 3 aromatic carbocycles. The Labute approximate surface area is 215 Å². The van der Waals surface area contributed by atoms with Gasteiger partial charge in [-0.2, -0.15) is 0 Å². The number of carbonyl (C=O) groups excluding carboxylic acids is 2. The summed E-state index contributed by atoms with van der Waals surface area (Å²) in [6.45, 7) is 5.59. The monoisotopic (exact) mass is 508 g/mol. The smallest absolute Gasteiger partial charge is 0.251 e. The third-order valence-electron chi connectivity index (χ3n) is 5.88. The SMILES string of the molecule is CC(C)c1ccccc1OCCNC(=O)c1ccc([C@H]2SCC(=O)N2Cc2ccc(Cl)cc2)cc1. The van der Waals surface area contributed by atoms with Gasteiger partial charge in [0.25, 0.3) is 5.91 Å². The van der Waals surface area contributed by atoms with Gasteiger partial charge in [-0.15, -0.1) is 11.8 Å². The highest BCUT2D eigenvalue weighted by atomic mass is 35.5. The Hall–Kier alpha value is -2.96. The normalized spacial score (nSPS) is 15.5. The fourth-order valence-corrected chi connectivity index (χ4v) is 5.32. The van der Waals surface area contributed by atoms with Crippen LogP contribution in [0.2, 0.25) is 5.02 Å². The second-order valence-corrected chi connectivity index (χ2v) is 10.2. The zero-order valence-electron chi connectivity index (χ0n) is 19.9. The predicted molar refractivity (Wildman–Crippen MR) is 142 cm³/mol. The van der Waals surface area contributed by atoms with E-state index in [2.05, 4.69) is 25.2 Å². The molecule has 0 aliphatic carbocycles. The van der Waals surface area contributed by atoms with Crippen LogP contribution in [-0.2, 0) is 11.3 Å². The quantitative estimate of drug-likeness (QED) is 0.358. The van der Waals surface area contributed by atoms with Gasteiger partial charge in [0.05, 0.1) is 12.3 Å². The number of thioether (sulfide) groups is 1. The van der Waals surface area contributed by atoms with Crippen molar-refractivity contribution in [2.45, 2.75) is 31.7 Å². The highest BCUT2D eigenvalue weighted by Crippen LogP contribution is 2.39. The number of carbonyl (C=O) groups is 2. The Bertz CT molecular complexity index is 1170. The van der Waals surface area contributed by atoms with Gasteiger partial charge < -0.3 is 15.0 Å². The van der Waals surface area contributed by atoms with Gasteiger partial charge in [-0.3, -0.25) is 9.59 Å². The highest BCUT2D eigenvalue weighted by molar-refractivity contribution is 8.00. The highest BCUT2D eigenvalue weighted by Gasteiger charge is 2.32. The average molecular weight is 509 g/mol. The van der Waals surface area contributed by atoms with E-state index in [1.165, 1.54) is 0 Å². The van der Waals surface area contributed by atoms with Gasteiger partial charge in [-0.25, -0.2) is 0 Å². The molecule has 182 valence electrons. The van der Waals surface area contributed by atoms with Crippen molar-refractivity contribution >= 4 is 35.2 Å². The predicted octanol–water partition coefficient (Wildman–Crippen LogP) is 6.05. The first-order valence-corrected chi connectivity index (χ1v) is 13.1. The zero-order chi connectivity index (χ0) is 24.8. The van der Waals surface area contributed by atoms with Crippen LogP contribution in [-0.4, -0.2) is 35.6 Å². The number of rotatable bonds is 9. The maximum atomic E-state index is 12.6. The van der Waals surface area contributed by atoms with Crippen LogP contribution >= 0.6 is 23.4 Å². The van der Waals surface area contributed by atoms with Crippen LogP contribution in [0, 0.1) is 0 Å². The molecule has 7 heteroatoms. The molecule has 1 atom stereocenters. The molecule has 0 unspecified atom stereocenters. The Morgan fingerprint density at radius 2 is 1.80 bits per heavy atom. The number of nitrogens with one attached hydrogen (secondary N) is 1. The minimum absolute atomic E-state index is 0.0790. The maximum Gasteiger partial charge on any atom is 0.251 e. The number of para-hydroxylation sites is 1. The van der Waals surface area contributed by atoms with Crippen molar-refractivity contribution in [1.82, 2.24) is 10.2 Å². The van der Waals surface area contributed by atoms with Crippen molar-refractivity contribution in [2.75, 3.05) is 18.9 Å². The Morgan fingerprint density at radius 3 is 2.51 bits per heavy atom. The van der Waals surface area contributed by atoms with Crippen LogP contribution in [0.3, 0.4) is 0 Å². The van der Waals surface area contributed by atoms with Crippen molar-refractivity contribution < 1.29 is 14.3 Å². The van der Waals surface area contributed by atoms with Crippen molar-refractivity contribution in [2.24, 2.45) is 0 Å². The van der Waals surface area contributed by atoms with Gasteiger partial charge in [0.2, 0.25) is 5.91 Å². The first-order chi connectivity index (χ1) is 16.9. The topological polar surface area (TPSA) is 58.6 Å². The van der Waals surface area contributed by atoms with Crippen LogP contribution in [0.1, 0.15) is 52.2 Å². The number of ether oxygens (including phenoxy) is 1. The molecule has 1 fully saturated rings. The van der Waals surface area contributed by atoms with E-state index in [0.717, 1.165) is 22.4 Å². The van der Waals surface area contributed by atoms with Gasteiger partial charge in [0, 0.05) is 17.1 Å². The van der Waals surface area contributed by atoms with Crippen molar-refractivity contribution in [3.8, 4) is 5.75 Å². The van der Waals surface area contributed by atoms with Crippen molar-refractivity contribution in [3.63, 3.8) is 0 Å². The van der Waals surface area contributed by atoms with E-state index >= 15 is 0 Å². The second-order valence-electron chi connectivity index (χ2n) is 8.73. The largest absolute Gasteiger partial charge is 0.491 e. The number of hydrogen-bond donors (Lipinski definition) is 1. The molecule has 0 bridgehead atoms. The van der Waals surface area contributed by atoms with E-state index in [1.807, 2.05) is 71.6 Å². The van der Waals surface area contributed by atoms with E-state index in [9.17, 15) is 9.59 Å². The van der Waals surface area contributed by atoms with Crippen LogP contribution in [0.25, 0.3) is 0 Å². The lowest BCUT2D eigenvalue weighted by atomic mass is 10.0. The van der Waals surface area contributed by atoms with Gasteiger partial charge in [0.15, 0.2) is 0 Å². The number of hydrogen-bond acceptors (Lipinski definition) is 4. The average Bonchev–Trinajstić information content (AvgIpc) is 3.23. The summed E-state index contributed by atoms with van der Waals surface area (Å²) in [7, 11) is 0. The summed E-state index contributed by atoms with van der Waals surface area (Å²) in [6, 6.07) is 23.0. The van der Waals surface area contributed by atoms with E-state index < -0.39 is 0 Å². The summed E-state index contributed by atoms with van der Waals surface area (Å²) in [5, 5.41) is 3.51. The van der Waals surface area contributed by atoms with Crippen molar-refractivity contribution in [1.29, 1.82) is 0 Å². The molecule has 35 heavy (non-hydrogen) atoms. The van der Waals surface area contributed by atoms with Gasteiger partial charge in [0.1, 0.15) is 17.7 Å². The summed E-state index contributed by atoms with van der Waals surface area (Å²) in [6.07, 6.45) is 0. The summed E-state index contributed by atoms with van der Waals surface area (Å²) >= 11 is 7.58. The van der Waals surface area contributed by atoms with Gasteiger partial charge >= 0.3 is 0 Å². The lowest BCUT2D eigenvalue weighted by Crippen LogP contribution is -2.29. The van der Waals surface area contributed by atoms with Gasteiger partial charge in [-0.1, -0.05) is 67.9 Å². The molecule has 4 rings (SSSR count). The third kappa shape index (κ3) is 6.38. The fraction of sp³-hybridized carbons (Fsp3) is 0.286. The molecule has 0 saturated carbocycles. The Kier molecular flexibility index (Phi) is 8.37. The minimum atomic E-state index is -0.148. The molecule has 1 N–H and O–H groups in total. The maximum absolute atomic E-state index is 12.6. The second kappa shape index (κ2) is 11.6. The zero-order valence-corrected chi connectivity index (χ0v) is 21.4. The molecule has 0 spiro atoms. The molecule has 1 heterocycles. The van der Waals surface area contributed by atoms with Crippen LogP contribution in [0.4, 0.5) is 0 Å². The van der Waals surface area contributed by atoms with E-state index in [0.29, 0.717) is 42.0 Å². The molecular weight excluding hydrogens is 480 g/mol. The lowest BCUT2D eigenvalue weighted by molar-refractivity contribution is -0.128. The molecule has 3 aromatic rings. The standard InChI is InChI=1S/C28H29ClN2O3S/c1-19(2)24-5-3-4-6-25(24)34-16-15-30-27(33)21-9-11-22(12-10-21)28-31(26(32)18-35-28)17-20-7-13-23(29)14-8-20/h3-14,19,28H,15-18H2,1-2H3,(H,30,33)/t28-/m1/s1. The first-order valence-electron chi connectivity index (χ1n) is 11.7. The molecule has 1 saturated heterocycles. The van der Waals surface area contributed by atoms with E-state index in [1.54, 1.807) is 11.8 Å². The lowest BCUT2D eigenvalue weighted by Gasteiger charge is -2.24. The van der Waals surface area contributed by atoms with E-state index in [4.69, 9.17) is 16.3 Å². The molecule has 0 aromatic heterocycles. The van der Waals surface area contributed by atoms with Crippen molar-refractivity contribution in [3.05, 3.63) is 100 Å². The molecule has 5 nitrogen and oxygen atoms in total. The van der Waals surface area contributed by atoms with Crippen LogP contribution in [0.15, 0.2) is 72.8 Å². The van der Waals surface area contributed by atoms with E-state index in [-0.39, 0.29) is 17.2 Å². The Balaban J connectivity index is 1.32. The minimum Gasteiger partial charge on any atom is -0.491 e. The number of halogens is 1. The number of nitrogens with zero attached hydrogens (tertiary/aromatic N) is 1. The summed E-state index contributed by atoms with van der Waals surface area (Å²) < 4.78 is 5.89.